The first-order chi connectivity index (χ1) is 13.7. The number of amides is 2. The number of methoxy groups -OCH3 is 1. The summed E-state index contributed by atoms with van der Waals surface area (Å²) in [6.07, 6.45) is 1.87. The van der Waals surface area contributed by atoms with Crippen LogP contribution in [0.5, 0.6) is 0 Å². The molecule has 1 fully saturated rings. The number of halogens is 1. The van der Waals surface area contributed by atoms with Gasteiger partial charge in [-0.1, -0.05) is 11.6 Å². The number of aromatic nitrogens is 1. The van der Waals surface area contributed by atoms with Crippen LogP contribution in [0, 0.1) is 5.92 Å². The molecule has 0 aliphatic carbocycles. The lowest BCUT2D eigenvalue weighted by molar-refractivity contribution is -0.121. The minimum absolute atomic E-state index is 0.151. The van der Waals surface area contributed by atoms with Gasteiger partial charge >= 0.3 is 6.09 Å². The molecule has 8 nitrogen and oxygen atoms in total. The Balaban J connectivity index is 1.99. The Labute approximate surface area is 177 Å². The van der Waals surface area contributed by atoms with Gasteiger partial charge in [-0.3, -0.25) is 4.79 Å². The van der Waals surface area contributed by atoms with Gasteiger partial charge < -0.3 is 25.0 Å². The van der Waals surface area contributed by atoms with Crippen molar-refractivity contribution in [2.75, 3.05) is 44.0 Å². The SMILES string of the molecule is COCCCNc1nc(Cl)ccc1NC(=O)C1CCCN(C(=O)OC(C)(C)C)C1. The maximum Gasteiger partial charge on any atom is 0.410 e. The van der Waals surface area contributed by atoms with Crippen molar-refractivity contribution in [1.29, 1.82) is 0 Å². The summed E-state index contributed by atoms with van der Waals surface area (Å²) in [4.78, 5) is 31.0. The predicted molar refractivity (Wildman–Crippen MR) is 113 cm³/mol. The summed E-state index contributed by atoms with van der Waals surface area (Å²) in [6.45, 7) is 7.67. The number of nitrogens with one attached hydrogen (secondary N) is 2. The van der Waals surface area contributed by atoms with E-state index in [-0.39, 0.29) is 17.9 Å². The van der Waals surface area contributed by atoms with Crippen LogP contribution in [-0.4, -0.2) is 60.8 Å². The van der Waals surface area contributed by atoms with Crippen molar-refractivity contribution in [2.45, 2.75) is 45.6 Å². The average molecular weight is 427 g/mol. The van der Waals surface area contributed by atoms with Gasteiger partial charge in [0.05, 0.1) is 11.6 Å². The van der Waals surface area contributed by atoms with Crippen LogP contribution in [0.4, 0.5) is 16.3 Å². The van der Waals surface area contributed by atoms with Gasteiger partial charge in [0.25, 0.3) is 0 Å². The quantitative estimate of drug-likeness (QED) is 0.509. The first-order valence-electron chi connectivity index (χ1n) is 9.88. The van der Waals surface area contributed by atoms with E-state index in [1.165, 1.54) is 0 Å². The fourth-order valence-corrected chi connectivity index (χ4v) is 3.16. The molecule has 0 spiro atoms. The number of piperidine rings is 1. The van der Waals surface area contributed by atoms with Gasteiger partial charge in [0.15, 0.2) is 5.82 Å². The lowest BCUT2D eigenvalue weighted by Crippen LogP contribution is -2.45. The molecular weight excluding hydrogens is 396 g/mol. The molecule has 162 valence electrons. The van der Waals surface area contributed by atoms with Crippen LogP contribution in [0.2, 0.25) is 5.15 Å². The molecule has 1 aliphatic heterocycles. The van der Waals surface area contributed by atoms with Crippen molar-refractivity contribution in [1.82, 2.24) is 9.88 Å². The second-order valence-electron chi connectivity index (χ2n) is 8.06. The average Bonchev–Trinajstić information content (AvgIpc) is 2.66. The Bertz CT molecular complexity index is 708. The maximum atomic E-state index is 12.8. The minimum Gasteiger partial charge on any atom is -0.444 e. The number of rotatable bonds is 7. The first-order valence-corrected chi connectivity index (χ1v) is 10.3. The number of hydrogen-bond acceptors (Lipinski definition) is 6. The molecular formula is C20H31ClN4O4. The Hall–Kier alpha value is -2.06. The molecule has 0 bridgehead atoms. The zero-order chi connectivity index (χ0) is 21.4. The number of carbonyl (C=O) groups excluding carboxylic acids is 2. The van der Waals surface area contributed by atoms with Gasteiger partial charge in [0.2, 0.25) is 5.91 Å². The zero-order valence-corrected chi connectivity index (χ0v) is 18.3. The smallest absolute Gasteiger partial charge is 0.410 e. The van der Waals surface area contributed by atoms with Crippen LogP contribution in [0.1, 0.15) is 40.0 Å². The molecule has 9 heteroatoms. The Morgan fingerprint density at radius 1 is 1.34 bits per heavy atom. The van der Waals surface area contributed by atoms with Crippen LogP contribution < -0.4 is 10.6 Å². The van der Waals surface area contributed by atoms with Gasteiger partial charge in [-0.15, -0.1) is 0 Å². The van der Waals surface area contributed by atoms with Crippen molar-refractivity contribution < 1.29 is 19.1 Å². The predicted octanol–water partition coefficient (Wildman–Crippen LogP) is 3.77. The van der Waals surface area contributed by atoms with Crippen molar-refractivity contribution in [3.8, 4) is 0 Å². The van der Waals surface area contributed by atoms with Crippen molar-refractivity contribution >= 4 is 35.1 Å². The van der Waals surface area contributed by atoms with Crippen LogP contribution >= 0.6 is 11.6 Å². The summed E-state index contributed by atoms with van der Waals surface area (Å²) in [7, 11) is 1.65. The molecule has 2 amide bonds. The van der Waals surface area contributed by atoms with E-state index in [1.54, 1.807) is 24.1 Å². The highest BCUT2D eigenvalue weighted by atomic mass is 35.5. The Morgan fingerprint density at radius 3 is 2.79 bits per heavy atom. The molecule has 1 saturated heterocycles. The highest BCUT2D eigenvalue weighted by molar-refractivity contribution is 6.29. The number of carbonyl (C=O) groups is 2. The van der Waals surface area contributed by atoms with Gasteiger partial charge in [0, 0.05) is 33.4 Å². The third-order valence-corrected chi connectivity index (χ3v) is 4.59. The largest absolute Gasteiger partial charge is 0.444 e. The number of hydrogen-bond donors (Lipinski definition) is 2. The molecule has 1 atom stereocenters. The molecule has 2 N–H and O–H groups in total. The molecule has 2 rings (SSSR count). The van der Waals surface area contributed by atoms with E-state index < -0.39 is 5.60 Å². The molecule has 0 aromatic carbocycles. The summed E-state index contributed by atoms with van der Waals surface area (Å²) >= 11 is 6.00. The molecule has 2 heterocycles. The zero-order valence-electron chi connectivity index (χ0n) is 17.6. The normalized spacial score (nSPS) is 17.0. The van der Waals surface area contributed by atoms with E-state index in [0.717, 1.165) is 12.8 Å². The van der Waals surface area contributed by atoms with Crippen LogP contribution in [0.3, 0.4) is 0 Å². The summed E-state index contributed by atoms with van der Waals surface area (Å²) in [5, 5.41) is 6.44. The number of pyridine rings is 1. The van der Waals surface area contributed by atoms with Crippen LogP contribution in [0.15, 0.2) is 12.1 Å². The number of anilines is 2. The van der Waals surface area contributed by atoms with E-state index in [1.807, 2.05) is 20.8 Å². The van der Waals surface area contributed by atoms with Gasteiger partial charge in [-0.25, -0.2) is 9.78 Å². The highest BCUT2D eigenvalue weighted by Gasteiger charge is 2.31. The summed E-state index contributed by atoms with van der Waals surface area (Å²) < 4.78 is 10.5. The molecule has 1 aromatic rings. The van der Waals surface area contributed by atoms with Crippen LogP contribution in [-0.2, 0) is 14.3 Å². The minimum atomic E-state index is -0.565. The lowest BCUT2D eigenvalue weighted by Gasteiger charge is -2.33. The van der Waals surface area contributed by atoms with Gasteiger partial charge in [-0.05, 0) is 52.2 Å². The van der Waals surface area contributed by atoms with Crippen molar-refractivity contribution in [3.63, 3.8) is 0 Å². The second-order valence-corrected chi connectivity index (χ2v) is 8.45. The third kappa shape index (κ3) is 7.70. The summed E-state index contributed by atoms with van der Waals surface area (Å²) in [6, 6.07) is 3.35. The first kappa shape index (κ1) is 23.2. The molecule has 1 unspecified atom stereocenters. The third-order valence-electron chi connectivity index (χ3n) is 4.38. The standard InChI is InChI=1S/C20H31ClN4O4/c1-20(2,3)29-19(27)25-11-5-7-14(13-25)18(26)23-15-8-9-16(21)24-17(15)22-10-6-12-28-4/h8-9,14H,5-7,10-13H2,1-4H3,(H,22,24)(H,23,26). The van der Waals surface area contributed by atoms with E-state index in [2.05, 4.69) is 15.6 Å². The Kier molecular flexibility index (Phi) is 8.52. The lowest BCUT2D eigenvalue weighted by atomic mass is 9.97. The topological polar surface area (TPSA) is 92.8 Å². The molecule has 0 saturated carbocycles. The molecule has 1 aromatic heterocycles. The van der Waals surface area contributed by atoms with Crippen molar-refractivity contribution in [3.05, 3.63) is 17.3 Å². The molecule has 0 radical (unpaired) electrons. The van der Waals surface area contributed by atoms with E-state index in [9.17, 15) is 9.59 Å². The van der Waals surface area contributed by atoms with E-state index in [0.29, 0.717) is 49.3 Å². The number of likely N-dealkylation sites (tertiary alicyclic amines) is 1. The Morgan fingerprint density at radius 2 is 2.10 bits per heavy atom. The summed E-state index contributed by atoms with van der Waals surface area (Å²) in [5.74, 6) is 0.0531. The van der Waals surface area contributed by atoms with Crippen LogP contribution in [0.25, 0.3) is 0 Å². The molecule has 29 heavy (non-hydrogen) atoms. The maximum absolute atomic E-state index is 12.8. The van der Waals surface area contributed by atoms with E-state index in [4.69, 9.17) is 21.1 Å². The molecule has 1 aliphatic rings. The number of ether oxygens (including phenoxy) is 2. The fraction of sp³-hybridized carbons (Fsp3) is 0.650. The monoisotopic (exact) mass is 426 g/mol. The second kappa shape index (κ2) is 10.6. The van der Waals surface area contributed by atoms with Gasteiger partial charge in [0.1, 0.15) is 10.8 Å². The van der Waals surface area contributed by atoms with Crippen molar-refractivity contribution in [2.24, 2.45) is 5.92 Å². The number of nitrogens with zero attached hydrogens (tertiary/aromatic N) is 2. The fourth-order valence-electron chi connectivity index (χ4n) is 3.01. The van der Waals surface area contributed by atoms with E-state index >= 15 is 0 Å². The highest BCUT2D eigenvalue weighted by Crippen LogP contribution is 2.25. The van der Waals surface area contributed by atoms with Gasteiger partial charge in [-0.2, -0.15) is 0 Å². The summed E-state index contributed by atoms with van der Waals surface area (Å²) in [5.41, 5.74) is -0.00353.